The third-order valence-corrected chi connectivity index (χ3v) is 3.89. The van der Waals surface area contributed by atoms with Crippen LogP contribution in [-0.4, -0.2) is 0 Å². The molecule has 0 heteroatoms. The molecular weight excluding hydrogens is 252 g/mol. The van der Waals surface area contributed by atoms with Crippen molar-refractivity contribution in [1.29, 1.82) is 0 Å². The number of hydrogen-bond acceptors (Lipinski definition) is 0. The molecule has 0 atom stereocenters. The first kappa shape index (κ1) is 15.6. The maximum atomic E-state index is 2.38. The zero-order valence-electron chi connectivity index (χ0n) is 14.0. The molecule has 1 aliphatic rings. The summed E-state index contributed by atoms with van der Waals surface area (Å²) >= 11 is 0. The van der Waals surface area contributed by atoms with Crippen molar-refractivity contribution in [2.45, 2.75) is 47.5 Å². The van der Waals surface area contributed by atoms with Gasteiger partial charge in [-0.1, -0.05) is 70.2 Å². The first-order chi connectivity index (χ1) is 10.3. The fourth-order valence-corrected chi connectivity index (χ4v) is 3.18. The van der Waals surface area contributed by atoms with Crippen LogP contribution in [0.25, 0.3) is 27.6 Å². The van der Waals surface area contributed by atoms with Crippen LogP contribution in [0.15, 0.2) is 36.4 Å². The molecule has 3 aromatic carbocycles. The molecule has 0 bridgehead atoms. The average molecular weight is 278 g/mol. The van der Waals surface area contributed by atoms with E-state index in [1.807, 2.05) is 27.7 Å². The summed E-state index contributed by atoms with van der Waals surface area (Å²) in [6.07, 6.45) is 4.75. The summed E-state index contributed by atoms with van der Waals surface area (Å²) in [5, 5.41) is 7.15. The van der Waals surface area contributed by atoms with E-state index in [0.29, 0.717) is 0 Å². The molecule has 0 N–H and O–H groups in total. The Morgan fingerprint density at radius 3 is 2.05 bits per heavy atom. The molecular formula is C21H26. The van der Waals surface area contributed by atoms with Crippen LogP contribution in [0, 0.1) is 6.92 Å². The second kappa shape index (κ2) is 6.76. The van der Waals surface area contributed by atoms with E-state index >= 15 is 0 Å². The molecule has 0 heterocycles. The van der Waals surface area contributed by atoms with Crippen molar-refractivity contribution in [1.82, 2.24) is 0 Å². The zero-order valence-corrected chi connectivity index (χ0v) is 14.0. The van der Waals surface area contributed by atoms with Gasteiger partial charge in [0.15, 0.2) is 0 Å². The van der Waals surface area contributed by atoms with Gasteiger partial charge in [0.25, 0.3) is 0 Å². The van der Waals surface area contributed by atoms with Gasteiger partial charge in [-0.2, -0.15) is 0 Å². The van der Waals surface area contributed by atoms with Crippen LogP contribution in [0.5, 0.6) is 0 Å². The van der Waals surface area contributed by atoms with Gasteiger partial charge in [-0.25, -0.2) is 0 Å². The van der Waals surface area contributed by atoms with E-state index in [1.54, 1.807) is 0 Å². The van der Waals surface area contributed by atoms with Crippen LogP contribution < -0.4 is 5.22 Å². The molecule has 1 aliphatic carbocycles. The highest BCUT2D eigenvalue weighted by Crippen LogP contribution is 2.30. The van der Waals surface area contributed by atoms with Gasteiger partial charge in [-0.05, 0) is 57.7 Å². The van der Waals surface area contributed by atoms with Gasteiger partial charge in [0.05, 0.1) is 0 Å². The van der Waals surface area contributed by atoms with Crippen LogP contribution in [0.2, 0.25) is 0 Å². The minimum absolute atomic E-state index is 1.18. The lowest BCUT2D eigenvalue weighted by Crippen LogP contribution is -2.09. The Balaban J connectivity index is 0.000000374. The Hall–Kier alpha value is -1.82. The summed E-state index contributed by atoms with van der Waals surface area (Å²) in [5.74, 6) is 0. The van der Waals surface area contributed by atoms with Crippen LogP contribution in [0.4, 0.5) is 0 Å². The number of rotatable bonds is 0. The SMILES string of the molecule is CC.CC.Cc1cc2ccc3c4c(ccc(c1)c24)=CCC3. The van der Waals surface area contributed by atoms with Gasteiger partial charge < -0.3 is 0 Å². The first-order valence-electron chi connectivity index (χ1n) is 8.28. The standard InChI is InChI=1S/C17H14.2C2H6/c1-11-9-14-7-5-12-3-2-4-13-6-8-15(10-11)17(14)16(12)13;2*1-2/h3,5-10H,2,4H2,1H3;2*1-2H3. The summed E-state index contributed by atoms with van der Waals surface area (Å²) in [5.41, 5.74) is 2.87. The monoisotopic (exact) mass is 278 g/mol. The molecule has 110 valence electrons. The third kappa shape index (κ3) is 2.68. The average Bonchev–Trinajstić information content (AvgIpc) is 2.56. The summed E-state index contributed by atoms with van der Waals surface area (Å²) in [6.45, 7) is 10.2. The molecule has 4 rings (SSSR count). The molecule has 0 unspecified atom stereocenters. The Bertz CT molecular complexity index is 775. The van der Waals surface area contributed by atoms with Gasteiger partial charge >= 0.3 is 0 Å². The van der Waals surface area contributed by atoms with Gasteiger partial charge in [0, 0.05) is 0 Å². The molecule has 3 aromatic rings. The molecule has 0 nitrogen and oxygen atoms in total. The lowest BCUT2D eigenvalue weighted by atomic mass is 9.89. The highest BCUT2D eigenvalue weighted by molar-refractivity contribution is 6.12. The minimum Gasteiger partial charge on any atom is -0.0763 e. The third-order valence-electron chi connectivity index (χ3n) is 3.89. The van der Waals surface area contributed by atoms with Gasteiger partial charge in [-0.15, -0.1) is 0 Å². The van der Waals surface area contributed by atoms with E-state index in [9.17, 15) is 0 Å². The maximum absolute atomic E-state index is 2.38. The quantitative estimate of drug-likeness (QED) is 0.487. The topological polar surface area (TPSA) is 0 Å². The summed E-state index contributed by atoms with van der Waals surface area (Å²) in [7, 11) is 0. The predicted molar refractivity (Wildman–Crippen MR) is 96.9 cm³/mol. The smallest absolute Gasteiger partial charge is 0.00300 e. The lowest BCUT2D eigenvalue weighted by Gasteiger charge is -2.15. The number of benzene rings is 3. The maximum Gasteiger partial charge on any atom is -0.00300 e. The molecule has 0 radical (unpaired) electrons. The second-order valence-electron chi connectivity index (χ2n) is 5.08. The van der Waals surface area contributed by atoms with Crippen molar-refractivity contribution in [2.24, 2.45) is 0 Å². The molecule has 0 spiro atoms. The first-order valence-corrected chi connectivity index (χ1v) is 8.28. The Morgan fingerprint density at radius 2 is 1.38 bits per heavy atom. The molecule has 0 aliphatic heterocycles. The van der Waals surface area contributed by atoms with Crippen molar-refractivity contribution >= 4 is 27.6 Å². The number of hydrogen-bond donors (Lipinski definition) is 0. The van der Waals surface area contributed by atoms with Gasteiger partial charge in [0.2, 0.25) is 0 Å². The van der Waals surface area contributed by atoms with Crippen LogP contribution >= 0.6 is 0 Å². The fraction of sp³-hybridized carbons (Fsp3) is 0.333. The minimum atomic E-state index is 1.18. The predicted octanol–water partition coefficient (Wildman–Crippen LogP) is 5.80. The van der Waals surface area contributed by atoms with E-state index in [4.69, 9.17) is 0 Å². The van der Waals surface area contributed by atoms with E-state index in [-0.39, 0.29) is 0 Å². The van der Waals surface area contributed by atoms with Crippen LogP contribution in [-0.2, 0) is 6.42 Å². The molecule has 0 fully saturated rings. The number of aryl methyl sites for hydroxylation is 2. The fourth-order valence-electron chi connectivity index (χ4n) is 3.18. The van der Waals surface area contributed by atoms with Gasteiger partial charge in [0.1, 0.15) is 0 Å². The van der Waals surface area contributed by atoms with Crippen molar-refractivity contribution in [3.8, 4) is 0 Å². The van der Waals surface area contributed by atoms with Crippen molar-refractivity contribution < 1.29 is 0 Å². The van der Waals surface area contributed by atoms with Crippen LogP contribution in [0.3, 0.4) is 0 Å². The zero-order chi connectivity index (χ0) is 15.4. The summed E-state index contributed by atoms with van der Waals surface area (Å²) < 4.78 is 0. The largest absolute Gasteiger partial charge is 0.0763 e. The van der Waals surface area contributed by atoms with E-state index < -0.39 is 0 Å². The highest BCUT2D eigenvalue weighted by atomic mass is 14.1. The molecule has 0 aromatic heterocycles. The Morgan fingerprint density at radius 1 is 0.762 bits per heavy atom. The van der Waals surface area contributed by atoms with Crippen molar-refractivity contribution in [3.05, 3.63) is 52.7 Å². The van der Waals surface area contributed by atoms with Crippen molar-refractivity contribution in [2.75, 3.05) is 0 Å². The Labute approximate surface area is 128 Å². The lowest BCUT2D eigenvalue weighted by molar-refractivity contribution is 1.04. The molecule has 21 heavy (non-hydrogen) atoms. The highest BCUT2D eigenvalue weighted by Gasteiger charge is 2.10. The second-order valence-corrected chi connectivity index (χ2v) is 5.08. The Kier molecular flexibility index (Phi) is 5.01. The van der Waals surface area contributed by atoms with Crippen LogP contribution in [0.1, 0.15) is 45.2 Å². The van der Waals surface area contributed by atoms with Crippen molar-refractivity contribution in [3.63, 3.8) is 0 Å². The summed E-state index contributed by atoms with van der Waals surface area (Å²) in [6, 6.07) is 13.7. The normalized spacial score (nSPS) is 12.0. The van der Waals surface area contributed by atoms with E-state index in [0.717, 1.165) is 0 Å². The van der Waals surface area contributed by atoms with E-state index in [2.05, 4.69) is 49.4 Å². The van der Waals surface area contributed by atoms with E-state index in [1.165, 1.54) is 50.7 Å². The molecule has 0 saturated heterocycles. The summed E-state index contributed by atoms with van der Waals surface area (Å²) in [4.78, 5) is 0. The molecule has 0 amide bonds. The molecule has 0 saturated carbocycles. The van der Waals surface area contributed by atoms with Gasteiger partial charge in [-0.3, -0.25) is 0 Å².